The quantitative estimate of drug-likeness (QED) is 0.850. The highest BCUT2D eigenvalue weighted by molar-refractivity contribution is 5.12. The largest absolute Gasteiger partial charge is 0.361 e. The molecule has 0 saturated carbocycles. The van der Waals surface area contributed by atoms with Gasteiger partial charge in [-0.2, -0.15) is 0 Å². The lowest BCUT2D eigenvalue weighted by atomic mass is 10.3. The Morgan fingerprint density at radius 3 is 2.62 bits per heavy atom. The summed E-state index contributed by atoms with van der Waals surface area (Å²) in [7, 11) is 0. The van der Waals surface area contributed by atoms with Crippen molar-refractivity contribution in [2.75, 3.05) is 0 Å². The lowest BCUT2D eigenvalue weighted by molar-refractivity contribution is 0.388. The third kappa shape index (κ3) is 2.90. The molecule has 16 heavy (non-hydrogen) atoms. The van der Waals surface area contributed by atoms with Crippen molar-refractivity contribution in [2.24, 2.45) is 0 Å². The summed E-state index contributed by atoms with van der Waals surface area (Å²) >= 11 is 0. The molecule has 84 valence electrons. The van der Waals surface area contributed by atoms with E-state index in [0.29, 0.717) is 6.54 Å². The predicted molar refractivity (Wildman–Crippen MR) is 60.8 cm³/mol. The van der Waals surface area contributed by atoms with Gasteiger partial charge in [-0.15, -0.1) is 0 Å². The van der Waals surface area contributed by atoms with Crippen LogP contribution in [0.2, 0.25) is 0 Å². The van der Waals surface area contributed by atoms with Crippen molar-refractivity contribution < 1.29 is 4.52 Å². The lowest BCUT2D eigenvalue weighted by Crippen LogP contribution is -2.13. The van der Waals surface area contributed by atoms with Crippen molar-refractivity contribution in [3.8, 4) is 0 Å². The number of aryl methyl sites for hydroxylation is 2. The van der Waals surface area contributed by atoms with Crippen molar-refractivity contribution in [2.45, 2.75) is 26.9 Å². The topological polar surface area (TPSA) is 51.0 Å². The molecule has 0 aliphatic heterocycles. The van der Waals surface area contributed by atoms with Gasteiger partial charge in [-0.05, 0) is 25.5 Å². The number of nitrogens with one attached hydrogen (secondary N) is 1. The van der Waals surface area contributed by atoms with Crippen LogP contribution in [0.4, 0.5) is 0 Å². The zero-order chi connectivity index (χ0) is 11.4. The van der Waals surface area contributed by atoms with Crippen LogP contribution >= 0.6 is 0 Å². The predicted octanol–water partition coefficient (Wildman–Crippen LogP) is 1.98. The minimum atomic E-state index is 0.701. The van der Waals surface area contributed by atoms with Gasteiger partial charge in [-0.3, -0.25) is 4.98 Å². The highest BCUT2D eigenvalue weighted by Crippen LogP contribution is 2.02. The Kier molecular flexibility index (Phi) is 3.31. The summed E-state index contributed by atoms with van der Waals surface area (Å²) in [6.07, 6.45) is 1.87. The van der Waals surface area contributed by atoms with Crippen LogP contribution < -0.4 is 5.32 Å². The number of hydrogen-bond acceptors (Lipinski definition) is 4. The Labute approximate surface area is 94.7 Å². The summed E-state index contributed by atoms with van der Waals surface area (Å²) in [4.78, 5) is 4.31. The maximum Gasteiger partial charge on any atom is 0.133 e. The zero-order valence-electron chi connectivity index (χ0n) is 9.53. The molecule has 2 rings (SSSR count). The van der Waals surface area contributed by atoms with Gasteiger partial charge in [0.2, 0.25) is 0 Å². The molecule has 4 heteroatoms. The molecule has 1 N–H and O–H groups in total. The van der Waals surface area contributed by atoms with Gasteiger partial charge in [0.15, 0.2) is 0 Å². The first kappa shape index (κ1) is 10.8. The molecule has 0 bridgehead atoms. The van der Waals surface area contributed by atoms with Crippen LogP contribution in [0.5, 0.6) is 0 Å². The van der Waals surface area contributed by atoms with Crippen LogP contribution in [0.15, 0.2) is 28.9 Å². The van der Waals surface area contributed by atoms with E-state index in [4.69, 9.17) is 4.52 Å². The van der Waals surface area contributed by atoms with Crippen molar-refractivity contribution in [3.63, 3.8) is 0 Å². The molecule has 0 atom stereocenters. The molecule has 0 saturated heterocycles. The molecular formula is C12H15N3O. The van der Waals surface area contributed by atoms with Crippen molar-refractivity contribution in [1.82, 2.24) is 15.5 Å². The second kappa shape index (κ2) is 4.90. The Morgan fingerprint density at radius 2 is 2.00 bits per heavy atom. The van der Waals surface area contributed by atoms with E-state index in [1.54, 1.807) is 0 Å². The summed E-state index contributed by atoms with van der Waals surface area (Å²) in [5.74, 6) is 0.838. The van der Waals surface area contributed by atoms with Gasteiger partial charge in [-0.1, -0.05) is 11.2 Å². The normalized spacial score (nSPS) is 10.6. The first-order valence-corrected chi connectivity index (χ1v) is 5.28. The summed E-state index contributed by atoms with van der Waals surface area (Å²) in [5.41, 5.74) is 3.13. The van der Waals surface area contributed by atoms with E-state index in [1.807, 2.05) is 32.2 Å². The van der Waals surface area contributed by atoms with Gasteiger partial charge in [0.05, 0.1) is 11.4 Å². The molecule has 0 fully saturated rings. The first-order valence-electron chi connectivity index (χ1n) is 5.28. The third-order valence-electron chi connectivity index (χ3n) is 2.26. The van der Waals surface area contributed by atoms with Gasteiger partial charge < -0.3 is 9.84 Å². The fourth-order valence-electron chi connectivity index (χ4n) is 1.42. The highest BCUT2D eigenvalue weighted by atomic mass is 16.5. The maximum absolute atomic E-state index is 4.98. The Bertz CT molecular complexity index is 448. The second-order valence-corrected chi connectivity index (χ2v) is 3.86. The summed E-state index contributed by atoms with van der Waals surface area (Å²) in [5, 5.41) is 7.17. The van der Waals surface area contributed by atoms with Gasteiger partial charge in [0, 0.05) is 25.4 Å². The molecule has 2 aromatic heterocycles. The van der Waals surface area contributed by atoms with Gasteiger partial charge >= 0.3 is 0 Å². The lowest BCUT2D eigenvalue weighted by Gasteiger charge is -2.01. The molecule has 0 spiro atoms. The van der Waals surface area contributed by atoms with Crippen LogP contribution in [0.3, 0.4) is 0 Å². The minimum Gasteiger partial charge on any atom is -0.361 e. The van der Waals surface area contributed by atoms with Crippen LogP contribution in [0.1, 0.15) is 22.7 Å². The van der Waals surface area contributed by atoms with Crippen molar-refractivity contribution >= 4 is 0 Å². The number of aromatic nitrogens is 2. The number of nitrogens with zero attached hydrogens (tertiary/aromatic N) is 2. The summed E-state index contributed by atoms with van der Waals surface area (Å²) in [6, 6.07) is 6.01. The summed E-state index contributed by atoms with van der Waals surface area (Å²) in [6.45, 7) is 5.36. The first-order chi connectivity index (χ1) is 7.74. The monoisotopic (exact) mass is 217 g/mol. The minimum absolute atomic E-state index is 0.701. The van der Waals surface area contributed by atoms with Crippen LogP contribution in [-0.4, -0.2) is 10.1 Å². The molecule has 0 amide bonds. The van der Waals surface area contributed by atoms with Crippen molar-refractivity contribution in [3.05, 3.63) is 47.1 Å². The molecule has 0 unspecified atom stereocenters. The zero-order valence-corrected chi connectivity index (χ0v) is 9.53. The van der Waals surface area contributed by atoms with E-state index in [9.17, 15) is 0 Å². The molecule has 0 aliphatic carbocycles. The Balaban J connectivity index is 1.82. The van der Waals surface area contributed by atoms with E-state index < -0.39 is 0 Å². The summed E-state index contributed by atoms with van der Waals surface area (Å²) < 4.78 is 4.98. The van der Waals surface area contributed by atoms with E-state index in [-0.39, 0.29) is 0 Å². The van der Waals surface area contributed by atoms with E-state index in [0.717, 1.165) is 23.7 Å². The average molecular weight is 217 g/mol. The molecular weight excluding hydrogens is 202 g/mol. The van der Waals surface area contributed by atoms with E-state index in [2.05, 4.69) is 21.5 Å². The van der Waals surface area contributed by atoms with E-state index >= 15 is 0 Å². The highest BCUT2D eigenvalue weighted by Gasteiger charge is 1.99. The molecule has 2 heterocycles. The number of rotatable bonds is 4. The molecule has 4 nitrogen and oxygen atoms in total. The van der Waals surface area contributed by atoms with Crippen LogP contribution in [0.25, 0.3) is 0 Å². The third-order valence-corrected chi connectivity index (χ3v) is 2.26. The fourth-order valence-corrected chi connectivity index (χ4v) is 1.42. The van der Waals surface area contributed by atoms with Crippen LogP contribution in [0, 0.1) is 13.8 Å². The second-order valence-electron chi connectivity index (χ2n) is 3.86. The van der Waals surface area contributed by atoms with E-state index in [1.165, 1.54) is 5.56 Å². The van der Waals surface area contributed by atoms with Gasteiger partial charge in [-0.25, -0.2) is 0 Å². The Hall–Kier alpha value is -1.68. The smallest absolute Gasteiger partial charge is 0.133 e. The van der Waals surface area contributed by atoms with Crippen LogP contribution in [-0.2, 0) is 13.1 Å². The van der Waals surface area contributed by atoms with Crippen molar-refractivity contribution in [1.29, 1.82) is 0 Å². The number of pyridine rings is 1. The SMILES string of the molecule is Cc1ccc(CNCc2cc(C)on2)nc1. The fraction of sp³-hybridized carbons (Fsp3) is 0.333. The molecule has 0 radical (unpaired) electrons. The average Bonchev–Trinajstić information content (AvgIpc) is 2.67. The molecule has 0 aliphatic rings. The van der Waals surface area contributed by atoms with Gasteiger partial charge in [0.25, 0.3) is 0 Å². The van der Waals surface area contributed by atoms with Gasteiger partial charge in [0.1, 0.15) is 5.76 Å². The number of hydrogen-bond donors (Lipinski definition) is 1. The standard InChI is InChI=1S/C12H15N3O/c1-9-3-4-11(14-6-9)7-13-8-12-5-10(2)16-15-12/h3-6,13H,7-8H2,1-2H3. The molecule has 2 aromatic rings. The Morgan fingerprint density at radius 1 is 1.19 bits per heavy atom. The molecule has 0 aromatic carbocycles. The maximum atomic E-state index is 4.98.